The summed E-state index contributed by atoms with van der Waals surface area (Å²) in [6, 6.07) is 0.194. The van der Waals surface area contributed by atoms with Crippen LogP contribution in [0.1, 0.15) is 19.5 Å². The third-order valence-corrected chi connectivity index (χ3v) is 3.62. The van der Waals surface area contributed by atoms with Gasteiger partial charge in [0.1, 0.15) is 5.03 Å². The molecule has 0 saturated heterocycles. The van der Waals surface area contributed by atoms with Crippen molar-refractivity contribution in [3.63, 3.8) is 0 Å². The molecule has 5 heteroatoms. The summed E-state index contributed by atoms with van der Waals surface area (Å²) in [5.74, 6) is 0.697. The fourth-order valence-electron chi connectivity index (χ4n) is 1.94. The van der Waals surface area contributed by atoms with E-state index in [4.69, 9.17) is 0 Å². The van der Waals surface area contributed by atoms with Gasteiger partial charge in [-0.05, 0) is 20.8 Å². The van der Waals surface area contributed by atoms with Crippen LogP contribution >= 0.6 is 11.8 Å². The Labute approximate surface area is 93.6 Å². The zero-order valence-electron chi connectivity index (χ0n) is 9.44. The molecule has 0 radical (unpaired) electrons. The van der Waals surface area contributed by atoms with Gasteiger partial charge in [0.05, 0.1) is 17.1 Å². The molecule has 2 heterocycles. The monoisotopic (exact) mass is 225 g/mol. The normalized spacial score (nSPS) is 16.1. The van der Waals surface area contributed by atoms with Crippen molar-refractivity contribution >= 4 is 23.4 Å². The predicted octanol–water partition coefficient (Wildman–Crippen LogP) is 1.58. The Morgan fingerprint density at radius 2 is 2.13 bits per heavy atom. The summed E-state index contributed by atoms with van der Waals surface area (Å²) in [5, 5.41) is 5.46. The predicted molar refractivity (Wildman–Crippen MR) is 61.3 cm³/mol. The maximum atomic E-state index is 11.8. The van der Waals surface area contributed by atoms with Crippen LogP contribution in [0.2, 0.25) is 0 Å². The number of fused-ring (bicyclic) bond motifs is 1. The van der Waals surface area contributed by atoms with Crippen LogP contribution < -0.4 is 4.90 Å². The van der Waals surface area contributed by atoms with Gasteiger partial charge < -0.3 is 4.90 Å². The van der Waals surface area contributed by atoms with Crippen LogP contribution in [0.3, 0.4) is 0 Å². The van der Waals surface area contributed by atoms with E-state index in [1.807, 2.05) is 37.4 Å². The van der Waals surface area contributed by atoms with Gasteiger partial charge in [0, 0.05) is 13.1 Å². The highest BCUT2D eigenvalue weighted by molar-refractivity contribution is 8.00. The molecule has 4 nitrogen and oxygen atoms in total. The summed E-state index contributed by atoms with van der Waals surface area (Å²) in [5.41, 5.74) is 1.93. The Morgan fingerprint density at radius 1 is 1.47 bits per heavy atom. The van der Waals surface area contributed by atoms with Crippen LogP contribution in [0, 0.1) is 6.92 Å². The second kappa shape index (κ2) is 3.56. The first-order valence-corrected chi connectivity index (χ1v) is 5.99. The van der Waals surface area contributed by atoms with E-state index >= 15 is 0 Å². The first-order chi connectivity index (χ1) is 7.02. The van der Waals surface area contributed by atoms with Crippen molar-refractivity contribution < 1.29 is 4.79 Å². The summed E-state index contributed by atoms with van der Waals surface area (Å²) in [6.07, 6.45) is 0. The van der Waals surface area contributed by atoms with Crippen molar-refractivity contribution in [1.29, 1.82) is 0 Å². The van der Waals surface area contributed by atoms with Gasteiger partial charge in [0.25, 0.3) is 0 Å². The molecule has 0 aromatic carbocycles. The minimum atomic E-state index is 0.179. The lowest BCUT2D eigenvalue weighted by atomic mass is 10.2. The van der Waals surface area contributed by atoms with Crippen molar-refractivity contribution in [3.05, 3.63) is 5.69 Å². The van der Waals surface area contributed by atoms with Gasteiger partial charge in [-0.1, -0.05) is 11.8 Å². The molecule has 0 unspecified atom stereocenters. The average molecular weight is 225 g/mol. The van der Waals surface area contributed by atoms with Crippen molar-refractivity contribution in [2.24, 2.45) is 7.05 Å². The molecular formula is C10H15N3OS. The summed E-state index contributed by atoms with van der Waals surface area (Å²) in [7, 11) is 1.92. The molecule has 1 amide bonds. The molecule has 0 aliphatic carbocycles. The van der Waals surface area contributed by atoms with Crippen LogP contribution in [0.15, 0.2) is 5.03 Å². The second-order valence-electron chi connectivity index (χ2n) is 4.01. The number of hydrogen-bond acceptors (Lipinski definition) is 3. The number of rotatable bonds is 1. The summed E-state index contributed by atoms with van der Waals surface area (Å²) >= 11 is 1.57. The van der Waals surface area contributed by atoms with Crippen LogP contribution in [-0.2, 0) is 11.8 Å². The van der Waals surface area contributed by atoms with E-state index in [1.54, 1.807) is 11.8 Å². The molecule has 0 fully saturated rings. The molecular weight excluding hydrogens is 210 g/mol. The minimum absolute atomic E-state index is 0.179. The maximum Gasteiger partial charge on any atom is 0.237 e. The average Bonchev–Trinajstić information content (AvgIpc) is 2.41. The second-order valence-corrected chi connectivity index (χ2v) is 4.97. The Bertz CT molecular complexity index is 411. The number of thioether (sulfide) groups is 1. The highest BCUT2D eigenvalue weighted by atomic mass is 32.2. The van der Waals surface area contributed by atoms with Crippen molar-refractivity contribution in [3.8, 4) is 0 Å². The van der Waals surface area contributed by atoms with Gasteiger partial charge in [-0.25, -0.2) is 0 Å². The molecule has 0 N–H and O–H groups in total. The summed E-state index contributed by atoms with van der Waals surface area (Å²) < 4.78 is 1.86. The van der Waals surface area contributed by atoms with E-state index in [9.17, 15) is 4.79 Å². The van der Waals surface area contributed by atoms with Gasteiger partial charge in [-0.2, -0.15) is 5.10 Å². The Morgan fingerprint density at radius 3 is 2.73 bits per heavy atom. The number of aryl methyl sites for hydroxylation is 2. The maximum absolute atomic E-state index is 11.8. The fourth-order valence-corrected chi connectivity index (χ4v) is 2.95. The van der Waals surface area contributed by atoms with Gasteiger partial charge in [-0.3, -0.25) is 9.48 Å². The van der Waals surface area contributed by atoms with Crippen molar-refractivity contribution in [2.45, 2.75) is 31.8 Å². The molecule has 0 spiro atoms. The van der Waals surface area contributed by atoms with Gasteiger partial charge in [-0.15, -0.1) is 0 Å². The highest BCUT2D eigenvalue weighted by Gasteiger charge is 2.31. The molecule has 1 aromatic heterocycles. The molecule has 0 bridgehead atoms. The lowest BCUT2D eigenvalue weighted by molar-refractivity contribution is -0.116. The number of anilines is 1. The van der Waals surface area contributed by atoms with E-state index in [0.29, 0.717) is 5.75 Å². The van der Waals surface area contributed by atoms with Crippen molar-refractivity contribution in [2.75, 3.05) is 10.7 Å². The summed E-state index contributed by atoms with van der Waals surface area (Å²) in [6.45, 7) is 6.02. The Kier molecular flexibility index (Phi) is 2.50. The zero-order valence-corrected chi connectivity index (χ0v) is 10.3. The SMILES string of the molecule is Cc1nn(C)c2c1N(C(C)C)C(=O)CS2. The lowest BCUT2D eigenvalue weighted by Crippen LogP contribution is -2.40. The van der Waals surface area contributed by atoms with Gasteiger partial charge in [0.2, 0.25) is 5.91 Å². The molecule has 0 saturated carbocycles. The first kappa shape index (κ1) is 10.5. The van der Waals surface area contributed by atoms with E-state index in [1.165, 1.54) is 0 Å². The molecule has 82 valence electrons. The molecule has 1 aliphatic heterocycles. The van der Waals surface area contributed by atoms with Crippen LogP contribution in [0.25, 0.3) is 0 Å². The third kappa shape index (κ3) is 1.55. The van der Waals surface area contributed by atoms with Crippen LogP contribution in [0.5, 0.6) is 0 Å². The number of aromatic nitrogens is 2. The van der Waals surface area contributed by atoms with Gasteiger partial charge in [0.15, 0.2) is 0 Å². The zero-order chi connectivity index (χ0) is 11.2. The topological polar surface area (TPSA) is 38.1 Å². The number of hydrogen-bond donors (Lipinski definition) is 0. The minimum Gasteiger partial charge on any atom is -0.305 e. The quantitative estimate of drug-likeness (QED) is 0.728. The summed E-state index contributed by atoms with van der Waals surface area (Å²) in [4.78, 5) is 13.7. The van der Waals surface area contributed by atoms with E-state index in [-0.39, 0.29) is 11.9 Å². The van der Waals surface area contributed by atoms with Crippen LogP contribution in [0.4, 0.5) is 5.69 Å². The Hall–Kier alpha value is -0.970. The smallest absolute Gasteiger partial charge is 0.237 e. The lowest BCUT2D eigenvalue weighted by Gasteiger charge is -2.30. The largest absolute Gasteiger partial charge is 0.305 e. The van der Waals surface area contributed by atoms with Crippen molar-refractivity contribution in [1.82, 2.24) is 9.78 Å². The Balaban J connectivity index is 2.56. The van der Waals surface area contributed by atoms with E-state index in [2.05, 4.69) is 5.10 Å². The number of carbonyl (C=O) groups excluding carboxylic acids is 1. The number of carbonyl (C=O) groups is 1. The number of nitrogens with zero attached hydrogens (tertiary/aromatic N) is 3. The standard InChI is InChI=1S/C10H15N3OS/c1-6(2)13-8(14)5-15-10-9(13)7(3)11-12(10)4/h6H,5H2,1-4H3. The first-order valence-electron chi connectivity index (χ1n) is 5.01. The third-order valence-electron chi connectivity index (χ3n) is 2.50. The van der Waals surface area contributed by atoms with E-state index in [0.717, 1.165) is 16.4 Å². The molecule has 15 heavy (non-hydrogen) atoms. The van der Waals surface area contributed by atoms with E-state index < -0.39 is 0 Å². The van der Waals surface area contributed by atoms with Crippen LogP contribution in [-0.4, -0.2) is 27.5 Å². The van der Waals surface area contributed by atoms with Gasteiger partial charge >= 0.3 is 0 Å². The molecule has 0 atom stereocenters. The molecule has 1 aromatic rings. The fraction of sp³-hybridized carbons (Fsp3) is 0.600. The molecule has 1 aliphatic rings. The highest BCUT2D eigenvalue weighted by Crippen LogP contribution is 2.38. The number of amides is 1. The molecule has 2 rings (SSSR count).